The summed E-state index contributed by atoms with van der Waals surface area (Å²) in [6, 6.07) is 21.2. The molecule has 0 spiro atoms. The van der Waals surface area contributed by atoms with Crippen LogP contribution in [0, 0.1) is 12.8 Å². The standard InChI is InChI=1S/C24H18Cl2N2O3/c1-14-7-5-6-10-19(14)27-23(29)20-21(17-12-11-15(25)13-18(17)26)28(31-22(20)24(27)30)16-8-3-2-4-9-16/h2-13,20-22H,1H3/t20-,21-,22+/m0/s1. The highest BCUT2D eigenvalue weighted by atomic mass is 35.5. The third-order valence-corrected chi connectivity index (χ3v) is 6.33. The largest absolute Gasteiger partial charge is 0.273 e. The molecule has 2 aliphatic heterocycles. The van der Waals surface area contributed by atoms with Crippen molar-refractivity contribution in [2.45, 2.75) is 19.1 Å². The number of halogens is 2. The number of hydroxylamine groups is 1. The molecule has 2 amide bonds. The highest BCUT2D eigenvalue weighted by Crippen LogP contribution is 2.49. The second-order valence-electron chi connectivity index (χ2n) is 7.62. The fourth-order valence-electron chi connectivity index (χ4n) is 4.32. The molecule has 2 saturated heterocycles. The monoisotopic (exact) mass is 452 g/mol. The van der Waals surface area contributed by atoms with Gasteiger partial charge in [-0.05, 0) is 48.4 Å². The maximum absolute atomic E-state index is 13.6. The maximum Gasteiger partial charge on any atom is 0.266 e. The Labute approximate surface area is 189 Å². The van der Waals surface area contributed by atoms with Crippen molar-refractivity contribution in [1.29, 1.82) is 0 Å². The molecule has 0 radical (unpaired) electrons. The first-order valence-corrected chi connectivity index (χ1v) is 10.6. The summed E-state index contributed by atoms with van der Waals surface area (Å²) in [6.45, 7) is 1.87. The summed E-state index contributed by atoms with van der Waals surface area (Å²) in [5, 5.41) is 2.53. The van der Waals surface area contributed by atoms with Crippen LogP contribution in [0.3, 0.4) is 0 Å². The number of fused-ring (bicyclic) bond motifs is 1. The zero-order valence-electron chi connectivity index (χ0n) is 16.5. The van der Waals surface area contributed by atoms with Crippen molar-refractivity contribution in [2.24, 2.45) is 5.92 Å². The van der Waals surface area contributed by atoms with Gasteiger partial charge in [-0.2, -0.15) is 0 Å². The molecule has 0 aromatic heterocycles. The predicted octanol–water partition coefficient (Wildman–Crippen LogP) is 5.35. The number of aryl methyl sites for hydroxylation is 1. The van der Waals surface area contributed by atoms with E-state index in [1.165, 1.54) is 4.90 Å². The van der Waals surface area contributed by atoms with Crippen LogP contribution in [0.2, 0.25) is 10.0 Å². The number of imide groups is 1. The Kier molecular flexibility index (Phi) is 4.97. The van der Waals surface area contributed by atoms with Crippen LogP contribution < -0.4 is 9.96 Å². The minimum atomic E-state index is -0.941. The summed E-state index contributed by atoms with van der Waals surface area (Å²) in [4.78, 5) is 34.3. The van der Waals surface area contributed by atoms with Crippen LogP contribution in [-0.2, 0) is 14.4 Å². The van der Waals surface area contributed by atoms with Crippen LogP contribution in [-0.4, -0.2) is 17.9 Å². The Morgan fingerprint density at radius 2 is 1.58 bits per heavy atom. The quantitative estimate of drug-likeness (QED) is 0.502. The number of para-hydroxylation sites is 2. The first kappa shape index (κ1) is 20.1. The average molecular weight is 453 g/mol. The minimum absolute atomic E-state index is 0.307. The molecular formula is C24H18Cl2N2O3. The van der Waals surface area contributed by atoms with E-state index < -0.39 is 18.1 Å². The first-order chi connectivity index (χ1) is 15.0. The van der Waals surface area contributed by atoms with Crippen molar-refractivity contribution in [1.82, 2.24) is 0 Å². The first-order valence-electron chi connectivity index (χ1n) is 9.87. The second-order valence-corrected chi connectivity index (χ2v) is 8.47. The van der Waals surface area contributed by atoms with E-state index >= 15 is 0 Å². The topological polar surface area (TPSA) is 49.9 Å². The lowest BCUT2D eigenvalue weighted by atomic mass is 9.90. The lowest BCUT2D eigenvalue weighted by Crippen LogP contribution is -2.37. The Bertz CT molecular complexity index is 1180. The molecule has 3 aromatic rings. The summed E-state index contributed by atoms with van der Waals surface area (Å²) in [5.41, 5.74) is 2.82. The van der Waals surface area contributed by atoms with E-state index in [-0.39, 0.29) is 11.8 Å². The van der Waals surface area contributed by atoms with Crippen molar-refractivity contribution >= 4 is 46.4 Å². The number of nitrogens with zero attached hydrogens (tertiary/aromatic N) is 2. The third kappa shape index (κ3) is 3.21. The van der Waals surface area contributed by atoms with E-state index in [2.05, 4.69) is 0 Å². The van der Waals surface area contributed by atoms with Gasteiger partial charge >= 0.3 is 0 Å². The van der Waals surface area contributed by atoms with E-state index in [0.29, 0.717) is 21.3 Å². The molecule has 0 bridgehead atoms. The molecular weight excluding hydrogens is 435 g/mol. The van der Waals surface area contributed by atoms with Crippen LogP contribution in [0.15, 0.2) is 72.8 Å². The number of anilines is 2. The Balaban J connectivity index is 1.63. The summed E-state index contributed by atoms with van der Waals surface area (Å²) in [7, 11) is 0. The molecule has 3 atom stereocenters. The normalized spacial score (nSPS) is 22.9. The number of carbonyl (C=O) groups excluding carboxylic acids is 2. The number of rotatable bonds is 3. The van der Waals surface area contributed by atoms with Crippen molar-refractivity contribution in [2.75, 3.05) is 9.96 Å². The molecule has 31 heavy (non-hydrogen) atoms. The molecule has 0 N–H and O–H groups in total. The van der Waals surface area contributed by atoms with E-state index in [1.54, 1.807) is 29.3 Å². The van der Waals surface area contributed by atoms with E-state index in [1.807, 2.05) is 55.5 Å². The molecule has 0 unspecified atom stereocenters. The predicted molar refractivity (Wildman–Crippen MR) is 120 cm³/mol. The molecule has 2 fully saturated rings. The molecule has 5 rings (SSSR count). The molecule has 5 nitrogen and oxygen atoms in total. The SMILES string of the molecule is Cc1ccccc1N1C(=O)[C@@H]2[C@@H](ON(c3ccccc3)[C@H]2c2ccc(Cl)cc2Cl)C1=O. The number of carbonyl (C=O) groups is 2. The van der Waals surface area contributed by atoms with Crippen LogP contribution in [0.25, 0.3) is 0 Å². The summed E-state index contributed by atoms with van der Waals surface area (Å²) < 4.78 is 0. The van der Waals surface area contributed by atoms with Crippen molar-refractivity contribution in [3.05, 3.63) is 94.0 Å². The molecule has 156 valence electrons. The smallest absolute Gasteiger partial charge is 0.266 e. The highest BCUT2D eigenvalue weighted by Gasteiger charge is 2.60. The van der Waals surface area contributed by atoms with Gasteiger partial charge in [-0.15, -0.1) is 0 Å². The summed E-state index contributed by atoms with van der Waals surface area (Å²) in [5.74, 6) is -1.43. The van der Waals surface area contributed by atoms with Gasteiger partial charge in [-0.25, -0.2) is 9.96 Å². The number of hydrogen-bond donors (Lipinski definition) is 0. The van der Waals surface area contributed by atoms with Crippen LogP contribution in [0.4, 0.5) is 11.4 Å². The number of amides is 2. The molecule has 0 aliphatic carbocycles. The fourth-order valence-corrected chi connectivity index (χ4v) is 4.84. The lowest BCUT2D eigenvalue weighted by molar-refractivity contribution is -0.126. The zero-order chi connectivity index (χ0) is 21.7. The lowest BCUT2D eigenvalue weighted by Gasteiger charge is -2.29. The van der Waals surface area contributed by atoms with Gasteiger partial charge in [0.1, 0.15) is 5.92 Å². The molecule has 0 saturated carbocycles. The Morgan fingerprint density at radius 3 is 2.29 bits per heavy atom. The second kappa shape index (κ2) is 7.68. The molecule has 2 heterocycles. The van der Waals surface area contributed by atoms with E-state index in [9.17, 15) is 9.59 Å². The number of hydrogen-bond acceptors (Lipinski definition) is 4. The Morgan fingerprint density at radius 1 is 0.871 bits per heavy atom. The van der Waals surface area contributed by atoms with Gasteiger partial charge in [0.25, 0.3) is 5.91 Å². The summed E-state index contributed by atoms with van der Waals surface area (Å²) in [6.07, 6.45) is -0.941. The van der Waals surface area contributed by atoms with Gasteiger partial charge in [0.05, 0.1) is 17.4 Å². The Hall–Kier alpha value is -2.86. The van der Waals surface area contributed by atoms with Gasteiger partial charge in [0, 0.05) is 10.0 Å². The van der Waals surface area contributed by atoms with Gasteiger partial charge in [0.15, 0.2) is 6.10 Å². The molecule has 2 aliphatic rings. The van der Waals surface area contributed by atoms with Crippen molar-refractivity contribution in [3.63, 3.8) is 0 Å². The van der Waals surface area contributed by atoms with Gasteiger partial charge in [-0.3, -0.25) is 14.4 Å². The van der Waals surface area contributed by atoms with Crippen LogP contribution >= 0.6 is 23.2 Å². The van der Waals surface area contributed by atoms with Crippen molar-refractivity contribution < 1.29 is 14.4 Å². The van der Waals surface area contributed by atoms with E-state index in [4.69, 9.17) is 28.0 Å². The number of benzene rings is 3. The summed E-state index contributed by atoms with van der Waals surface area (Å²) >= 11 is 12.6. The minimum Gasteiger partial charge on any atom is -0.273 e. The van der Waals surface area contributed by atoms with E-state index in [0.717, 1.165) is 11.3 Å². The van der Waals surface area contributed by atoms with Gasteiger partial charge in [-0.1, -0.05) is 65.7 Å². The molecule has 3 aromatic carbocycles. The zero-order valence-corrected chi connectivity index (χ0v) is 18.0. The average Bonchev–Trinajstić information content (AvgIpc) is 3.26. The van der Waals surface area contributed by atoms with Crippen LogP contribution in [0.5, 0.6) is 0 Å². The van der Waals surface area contributed by atoms with Crippen molar-refractivity contribution in [3.8, 4) is 0 Å². The third-order valence-electron chi connectivity index (χ3n) is 5.76. The van der Waals surface area contributed by atoms with Crippen LogP contribution in [0.1, 0.15) is 17.2 Å². The fraction of sp³-hybridized carbons (Fsp3) is 0.167. The van der Waals surface area contributed by atoms with Gasteiger partial charge in [0.2, 0.25) is 5.91 Å². The van der Waals surface area contributed by atoms with Gasteiger partial charge < -0.3 is 0 Å². The maximum atomic E-state index is 13.6. The molecule has 7 heteroatoms. The highest BCUT2D eigenvalue weighted by molar-refractivity contribution is 6.35.